The van der Waals surface area contributed by atoms with Crippen molar-refractivity contribution in [3.05, 3.63) is 83.8 Å². The van der Waals surface area contributed by atoms with Crippen LogP contribution < -0.4 is 15.4 Å². The van der Waals surface area contributed by atoms with Crippen molar-refractivity contribution in [3.8, 4) is 0 Å². The molecule has 1 aliphatic rings. The quantitative estimate of drug-likeness (QED) is 0.479. The van der Waals surface area contributed by atoms with Gasteiger partial charge < -0.3 is 15.1 Å². The average Bonchev–Trinajstić information content (AvgIpc) is 3.44. The van der Waals surface area contributed by atoms with Gasteiger partial charge in [0.25, 0.3) is 15.9 Å². The number of carbonyl (C=O) groups excluding carboxylic acids is 2. The highest BCUT2D eigenvalue weighted by Gasteiger charge is 2.32. The Morgan fingerprint density at radius 1 is 1.03 bits per heavy atom. The minimum Gasteiger partial charge on any atom is -0.459 e. The molecule has 0 saturated heterocycles. The van der Waals surface area contributed by atoms with Crippen LogP contribution in [0.5, 0.6) is 0 Å². The van der Waals surface area contributed by atoms with Crippen LogP contribution in [0.3, 0.4) is 0 Å². The topological polar surface area (TPSA) is 130 Å². The van der Waals surface area contributed by atoms with Gasteiger partial charge >= 0.3 is 0 Å². The zero-order chi connectivity index (χ0) is 24.3. The second kappa shape index (κ2) is 9.52. The van der Waals surface area contributed by atoms with E-state index in [9.17, 15) is 18.0 Å². The Hall–Kier alpha value is -3.92. The number of anilines is 1. The van der Waals surface area contributed by atoms with Crippen LogP contribution in [-0.4, -0.2) is 32.1 Å². The molecule has 0 spiro atoms. The fourth-order valence-electron chi connectivity index (χ4n) is 3.48. The first kappa shape index (κ1) is 23.2. The summed E-state index contributed by atoms with van der Waals surface area (Å²) >= 11 is 0. The molecule has 0 fully saturated rings. The summed E-state index contributed by atoms with van der Waals surface area (Å²) in [6.07, 6.45) is 1.43. The van der Waals surface area contributed by atoms with E-state index in [-0.39, 0.29) is 40.8 Å². The predicted octanol–water partition coefficient (Wildman–Crippen LogP) is 2.91. The summed E-state index contributed by atoms with van der Waals surface area (Å²) in [5.41, 5.74) is 1.87. The average molecular weight is 481 g/mol. The van der Waals surface area contributed by atoms with E-state index >= 15 is 0 Å². The minimum atomic E-state index is -3.68. The molecule has 10 heteroatoms. The maximum Gasteiger partial charge on any atom is 0.291 e. The number of fused-ring (bicyclic) bond motifs is 1. The highest BCUT2D eigenvalue weighted by molar-refractivity contribution is 7.90. The molecule has 0 saturated carbocycles. The lowest BCUT2D eigenvalue weighted by molar-refractivity contribution is -0.123. The van der Waals surface area contributed by atoms with Gasteiger partial charge in [-0.1, -0.05) is 38.1 Å². The second-order valence-electron chi connectivity index (χ2n) is 8.11. The van der Waals surface area contributed by atoms with Crippen LogP contribution in [0.4, 0.5) is 5.69 Å². The maximum atomic E-state index is 12.9. The number of amides is 2. The summed E-state index contributed by atoms with van der Waals surface area (Å²) in [5.74, 6) is -0.453. The molecule has 34 heavy (non-hydrogen) atoms. The summed E-state index contributed by atoms with van der Waals surface area (Å²) < 4.78 is 32.2. The molecule has 3 N–H and O–H groups in total. The molecular formula is C24H24N4O5S. The number of hydrogen-bond acceptors (Lipinski definition) is 6. The Morgan fingerprint density at radius 2 is 1.76 bits per heavy atom. The Balaban J connectivity index is 1.41. The van der Waals surface area contributed by atoms with Gasteiger partial charge in [-0.25, -0.2) is 8.42 Å². The third-order valence-electron chi connectivity index (χ3n) is 5.25. The van der Waals surface area contributed by atoms with Crippen molar-refractivity contribution in [2.75, 3.05) is 5.32 Å². The van der Waals surface area contributed by atoms with Crippen LogP contribution in [0.25, 0.3) is 0 Å². The first-order valence-electron chi connectivity index (χ1n) is 10.7. The molecule has 1 aromatic heterocycles. The lowest BCUT2D eigenvalue weighted by atomic mass is 10.0. The van der Waals surface area contributed by atoms with Crippen LogP contribution >= 0.6 is 0 Å². The highest BCUT2D eigenvalue weighted by atomic mass is 32.2. The smallest absolute Gasteiger partial charge is 0.291 e. The normalized spacial score (nSPS) is 16.0. The fraction of sp³-hybridized carbons (Fsp3) is 0.208. The van der Waals surface area contributed by atoms with Crippen LogP contribution in [-0.2, 0) is 21.4 Å². The van der Waals surface area contributed by atoms with Crippen molar-refractivity contribution < 1.29 is 22.4 Å². The first-order chi connectivity index (χ1) is 16.2. The number of furan rings is 1. The van der Waals surface area contributed by atoms with Crippen LogP contribution in [0.1, 0.15) is 35.5 Å². The molecule has 0 radical (unpaired) electrons. The summed E-state index contributed by atoms with van der Waals surface area (Å²) in [4.78, 5) is 29.6. The molecule has 0 bridgehead atoms. The van der Waals surface area contributed by atoms with Crippen molar-refractivity contribution in [2.45, 2.75) is 31.3 Å². The minimum absolute atomic E-state index is 0.149. The molecule has 2 heterocycles. The van der Waals surface area contributed by atoms with Gasteiger partial charge in [-0.05, 0) is 47.9 Å². The number of sulfonamides is 1. The van der Waals surface area contributed by atoms with Gasteiger partial charge in [-0.15, -0.1) is 0 Å². The number of carbonyl (C=O) groups is 2. The van der Waals surface area contributed by atoms with Crippen LogP contribution in [0.15, 0.2) is 81.2 Å². The molecule has 1 atom stereocenters. The third kappa shape index (κ3) is 5.01. The SMILES string of the molecule is CC(C)[C@H](N=C1NS(=O)(=O)c2ccccc21)C(=O)NCc1ccc(NC(=O)c2ccco2)cc1. The standard InChI is InChI=1S/C24H24N4O5S/c1-15(2)21(27-22-18-6-3-4-8-20(18)34(31,32)28-22)24(30)25-14-16-9-11-17(12-10-16)26-23(29)19-7-5-13-33-19/h3-13,15,21H,14H2,1-2H3,(H,25,30)(H,26,29)(H,27,28)/t21-/m0/s1. The van der Waals surface area contributed by atoms with Gasteiger partial charge in [-0.3, -0.25) is 19.3 Å². The Morgan fingerprint density at radius 3 is 2.44 bits per heavy atom. The van der Waals surface area contributed by atoms with E-state index in [4.69, 9.17) is 4.42 Å². The summed E-state index contributed by atoms with van der Waals surface area (Å²) in [5, 5.41) is 5.59. The zero-order valence-electron chi connectivity index (χ0n) is 18.6. The van der Waals surface area contributed by atoms with Gasteiger partial charge in [0.15, 0.2) is 5.76 Å². The van der Waals surface area contributed by atoms with Crippen molar-refractivity contribution >= 4 is 33.4 Å². The summed E-state index contributed by atoms with van der Waals surface area (Å²) in [6, 6.07) is 16.0. The van der Waals surface area contributed by atoms with Crippen molar-refractivity contribution in [3.63, 3.8) is 0 Å². The maximum absolute atomic E-state index is 12.9. The summed E-state index contributed by atoms with van der Waals surface area (Å²) in [6.45, 7) is 3.95. The van der Waals surface area contributed by atoms with E-state index in [0.29, 0.717) is 11.3 Å². The Bertz CT molecular complexity index is 1330. The molecule has 2 aromatic carbocycles. The molecule has 4 rings (SSSR count). The van der Waals surface area contributed by atoms with Crippen molar-refractivity contribution in [1.29, 1.82) is 0 Å². The van der Waals surface area contributed by atoms with E-state index in [1.54, 1.807) is 54.6 Å². The molecular weight excluding hydrogens is 456 g/mol. The number of nitrogens with one attached hydrogen (secondary N) is 3. The molecule has 176 valence electrons. The first-order valence-corrected chi connectivity index (χ1v) is 12.1. The number of hydrogen-bond donors (Lipinski definition) is 3. The predicted molar refractivity (Wildman–Crippen MR) is 127 cm³/mol. The number of amidine groups is 1. The van der Waals surface area contributed by atoms with E-state index in [0.717, 1.165) is 5.56 Å². The second-order valence-corrected chi connectivity index (χ2v) is 9.77. The lowest BCUT2D eigenvalue weighted by Crippen LogP contribution is -2.38. The molecule has 3 aromatic rings. The number of nitrogens with zero attached hydrogens (tertiary/aromatic N) is 1. The largest absolute Gasteiger partial charge is 0.459 e. The monoisotopic (exact) mass is 480 g/mol. The van der Waals surface area contributed by atoms with Gasteiger partial charge in [-0.2, -0.15) is 0 Å². The van der Waals surface area contributed by atoms with Crippen LogP contribution in [0.2, 0.25) is 0 Å². The van der Waals surface area contributed by atoms with Gasteiger partial charge in [0, 0.05) is 17.8 Å². The number of rotatable bonds is 7. The molecule has 2 amide bonds. The summed E-state index contributed by atoms with van der Waals surface area (Å²) in [7, 11) is -3.68. The third-order valence-corrected chi connectivity index (χ3v) is 6.65. The lowest BCUT2D eigenvalue weighted by Gasteiger charge is -2.17. The van der Waals surface area contributed by atoms with Gasteiger partial charge in [0.05, 0.1) is 11.2 Å². The van der Waals surface area contributed by atoms with Crippen LogP contribution in [0, 0.1) is 5.92 Å². The van der Waals surface area contributed by atoms with Crippen molar-refractivity contribution in [2.24, 2.45) is 10.9 Å². The fourth-order valence-corrected chi connectivity index (χ4v) is 4.72. The Kier molecular flexibility index (Phi) is 6.51. The van der Waals surface area contributed by atoms with Gasteiger partial charge in [0.1, 0.15) is 11.9 Å². The van der Waals surface area contributed by atoms with E-state index < -0.39 is 16.1 Å². The van der Waals surface area contributed by atoms with E-state index in [1.165, 1.54) is 12.3 Å². The Labute approximate surface area is 197 Å². The zero-order valence-corrected chi connectivity index (χ0v) is 19.4. The number of benzene rings is 2. The molecule has 9 nitrogen and oxygen atoms in total. The van der Waals surface area contributed by atoms with Gasteiger partial charge in [0.2, 0.25) is 5.91 Å². The van der Waals surface area contributed by atoms with Crippen molar-refractivity contribution in [1.82, 2.24) is 10.0 Å². The molecule has 1 aliphatic heterocycles. The molecule has 0 unspecified atom stereocenters. The van der Waals surface area contributed by atoms with E-state index in [2.05, 4.69) is 20.3 Å². The molecule has 0 aliphatic carbocycles. The van der Waals surface area contributed by atoms with E-state index in [1.807, 2.05) is 13.8 Å². The highest BCUT2D eigenvalue weighted by Crippen LogP contribution is 2.23. The number of aliphatic imine (C=N–C) groups is 1.